The van der Waals surface area contributed by atoms with Crippen molar-refractivity contribution in [3.8, 4) is 5.75 Å². The molecule has 18 heavy (non-hydrogen) atoms. The smallest absolute Gasteiger partial charge is 0.202 e. The molecule has 1 aromatic rings. The van der Waals surface area contributed by atoms with Crippen LogP contribution in [-0.2, 0) is 16.0 Å². The Morgan fingerprint density at radius 3 is 2.33 bits per heavy atom. The maximum Gasteiger partial charge on any atom is 0.202 e. The van der Waals surface area contributed by atoms with E-state index in [-0.39, 0.29) is 31.0 Å². The van der Waals surface area contributed by atoms with Crippen LogP contribution in [0.1, 0.15) is 24.8 Å². The predicted molar refractivity (Wildman–Crippen MR) is 67.6 cm³/mol. The minimum absolute atomic E-state index is 0.0555. The molecular weight excluding hydrogens is 232 g/mol. The number of benzene rings is 1. The van der Waals surface area contributed by atoms with Crippen molar-refractivity contribution in [1.29, 1.82) is 0 Å². The Hall–Kier alpha value is -1.68. The second-order valence-electron chi connectivity index (χ2n) is 4.05. The van der Waals surface area contributed by atoms with Crippen LogP contribution in [0.3, 0.4) is 0 Å². The Morgan fingerprint density at radius 1 is 1.11 bits per heavy atom. The van der Waals surface area contributed by atoms with Crippen LogP contribution in [0, 0.1) is 0 Å². The van der Waals surface area contributed by atoms with E-state index in [2.05, 4.69) is 0 Å². The SMILES string of the molecule is COc1ccc(CC(=O)C(=O)CCCCO)cc1. The van der Waals surface area contributed by atoms with Crippen molar-refractivity contribution in [2.75, 3.05) is 13.7 Å². The summed E-state index contributed by atoms with van der Waals surface area (Å²) in [5.41, 5.74) is 0.802. The van der Waals surface area contributed by atoms with E-state index in [9.17, 15) is 9.59 Å². The number of Topliss-reactive ketones (excluding diaryl/α,β-unsaturated/α-hetero) is 2. The fourth-order valence-corrected chi connectivity index (χ4v) is 1.56. The number of hydrogen-bond donors (Lipinski definition) is 1. The molecule has 0 saturated carbocycles. The van der Waals surface area contributed by atoms with Gasteiger partial charge in [-0.15, -0.1) is 0 Å². The summed E-state index contributed by atoms with van der Waals surface area (Å²) in [5.74, 6) is -0.0159. The monoisotopic (exact) mass is 250 g/mol. The Morgan fingerprint density at radius 2 is 1.78 bits per heavy atom. The van der Waals surface area contributed by atoms with Gasteiger partial charge in [-0.25, -0.2) is 0 Å². The highest BCUT2D eigenvalue weighted by molar-refractivity contribution is 6.37. The lowest BCUT2D eigenvalue weighted by Crippen LogP contribution is -2.16. The summed E-state index contributed by atoms with van der Waals surface area (Å²) in [6, 6.07) is 7.08. The summed E-state index contributed by atoms with van der Waals surface area (Å²) < 4.78 is 5.01. The van der Waals surface area contributed by atoms with Gasteiger partial charge in [0.15, 0.2) is 5.78 Å². The van der Waals surface area contributed by atoms with Crippen LogP contribution in [0.5, 0.6) is 5.75 Å². The van der Waals surface area contributed by atoms with E-state index in [1.165, 1.54) is 0 Å². The number of hydrogen-bond acceptors (Lipinski definition) is 4. The molecule has 0 saturated heterocycles. The molecule has 0 heterocycles. The van der Waals surface area contributed by atoms with E-state index in [1.807, 2.05) is 0 Å². The summed E-state index contributed by atoms with van der Waals surface area (Å²) in [4.78, 5) is 23.1. The molecule has 0 aliphatic rings. The van der Waals surface area contributed by atoms with Gasteiger partial charge in [0.05, 0.1) is 7.11 Å². The van der Waals surface area contributed by atoms with Gasteiger partial charge in [0.25, 0.3) is 0 Å². The number of carbonyl (C=O) groups excluding carboxylic acids is 2. The van der Waals surface area contributed by atoms with Crippen LogP contribution < -0.4 is 4.74 Å². The zero-order valence-electron chi connectivity index (χ0n) is 10.5. The second kappa shape index (κ2) is 7.61. The van der Waals surface area contributed by atoms with E-state index in [1.54, 1.807) is 31.4 Å². The van der Waals surface area contributed by atoms with Gasteiger partial charge in [-0.1, -0.05) is 12.1 Å². The molecule has 4 heteroatoms. The first-order valence-electron chi connectivity index (χ1n) is 5.97. The molecule has 0 radical (unpaired) electrons. The number of ether oxygens (including phenoxy) is 1. The summed E-state index contributed by atoms with van der Waals surface area (Å²) in [6.45, 7) is 0.0555. The lowest BCUT2D eigenvalue weighted by atomic mass is 10.0. The number of methoxy groups -OCH3 is 1. The number of unbranched alkanes of at least 4 members (excludes halogenated alkanes) is 1. The molecule has 0 unspecified atom stereocenters. The number of aliphatic hydroxyl groups is 1. The number of ketones is 2. The molecule has 4 nitrogen and oxygen atoms in total. The molecule has 0 spiro atoms. The molecule has 0 aliphatic heterocycles. The molecule has 0 aromatic heterocycles. The van der Waals surface area contributed by atoms with Crippen molar-refractivity contribution >= 4 is 11.6 Å². The predicted octanol–water partition coefficient (Wildman–Crippen LogP) is 1.54. The Labute approximate surface area is 107 Å². The fraction of sp³-hybridized carbons (Fsp3) is 0.429. The summed E-state index contributed by atoms with van der Waals surface area (Å²) >= 11 is 0. The van der Waals surface area contributed by atoms with Gasteiger partial charge >= 0.3 is 0 Å². The van der Waals surface area contributed by atoms with Crippen molar-refractivity contribution in [3.05, 3.63) is 29.8 Å². The Bertz CT molecular complexity index is 395. The average Bonchev–Trinajstić information content (AvgIpc) is 2.39. The highest BCUT2D eigenvalue weighted by Crippen LogP contribution is 2.12. The highest BCUT2D eigenvalue weighted by atomic mass is 16.5. The lowest BCUT2D eigenvalue weighted by molar-refractivity contribution is -0.136. The van der Waals surface area contributed by atoms with Gasteiger partial charge in [-0.3, -0.25) is 9.59 Å². The third kappa shape index (κ3) is 4.67. The van der Waals surface area contributed by atoms with Gasteiger partial charge in [-0.2, -0.15) is 0 Å². The van der Waals surface area contributed by atoms with Crippen LogP contribution in [0.15, 0.2) is 24.3 Å². The van der Waals surface area contributed by atoms with Crippen molar-refractivity contribution in [1.82, 2.24) is 0 Å². The number of rotatable bonds is 8. The average molecular weight is 250 g/mol. The van der Waals surface area contributed by atoms with Crippen LogP contribution in [0.25, 0.3) is 0 Å². The largest absolute Gasteiger partial charge is 0.497 e. The lowest BCUT2D eigenvalue weighted by Gasteiger charge is -2.03. The van der Waals surface area contributed by atoms with Crippen LogP contribution in [0.2, 0.25) is 0 Å². The van der Waals surface area contributed by atoms with Crippen LogP contribution >= 0.6 is 0 Å². The van der Waals surface area contributed by atoms with Gasteiger partial charge in [0.1, 0.15) is 5.75 Å². The first-order chi connectivity index (χ1) is 8.67. The molecule has 0 fully saturated rings. The quantitative estimate of drug-likeness (QED) is 0.561. The zero-order chi connectivity index (χ0) is 13.4. The molecule has 0 amide bonds. The number of carbonyl (C=O) groups is 2. The second-order valence-corrected chi connectivity index (χ2v) is 4.05. The minimum Gasteiger partial charge on any atom is -0.497 e. The van der Waals surface area contributed by atoms with Gasteiger partial charge in [0.2, 0.25) is 5.78 Å². The maximum absolute atomic E-state index is 11.6. The fourth-order valence-electron chi connectivity index (χ4n) is 1.56. The molecule has 1 rings (SSSR count). The van der Waals surface area contributed by atoms with E-state index in [0.29, 0.717) is 12.8 Å². The normalized spacial score (nSPS) is 10.1. The maximum atomic E-state index is 11.6. The Balaban J connectivity index is 2.45. The molecule has 1 N–H and O–H groups in total. The molecule has 0 bridgehead atoms. The third-order valence-electron chi connectivity index (χ3n) is 2.65. The van der Waals surface area contributed by atoms with E-state index < -0.39 is 0 Å². The van der Waals surface area contributed by atoms with E-state index >= 15 is 0 Å². The third-order valence-corrected chi connectivity index (χ3v) is 2.65. The van der Waals surface area contributed by atoms with E-state index in [4.69, 9.17) is 9.84 Å². The van der Waals surface area contributed by atoms with Crippen LogP contribution in [0.4, 0.5) is 0 Å². The summed E-state index contributed by atoms with van der Waals surface area (Å²) in [5, 5.41) is 8.59. The Kier molecular flexibility index (Phi) is 6.08. The standard InChI is InChI=1S/C14H18O4/c1-18-12-7-5-11(6-8-12)10-14(17)13(16)4-2-3-9-15/h5-8,15H,2-4,9-10H2,1H3. The van der Waals surface area contributed by atoms with Crippen molar-refractivity contribution in [2.45, 2.75) is 25.7 Å². The molecule has 0 aliphatic carbocycles. The van der Waals surface area contributed by atoms with Gasteiger partial charge < -0.3 is 9.84 Å². The molecule has 0 atom stereocenters. The first-order valence-corrected chi connectivity index (χ1v) is 5.97. The van der Waals surface area contributed by atoms with Gasteiger partial charge in [0, 0.05) is 19.4 Å². The summed E-state index contributed by atoms with van der Waals surface area (Å²) in [7, 11) is 1.57. The molecule has 1 aromatic carbocycles. The molecular formula is C14H18O4. The van der Waals surface area contributed by atoms with Crippen LogP contribution in [-0.4, -0.2) is 30.4 Å². The van der Waals surface area contributed by atoms with E-state index in [0.717, 1.165) is 11.3 Å². The minimum atomic E-state index is -0.377. The van der Waals surface area contributed by atoms with Crippen molar-refractivity contribution in [2.24, 2.45) is 0 Å². The van der Waals surface area contributed by atoms with Gasteiger partial charge in [-0.05, 0) is 30.5 Å². The first kappa shape index (κ1) is 14.4. The topological polar surface area (TPSA) is 63.6 Å². The summed E-state index contributed by atoms with van der Waals surface area (Å²) in [6.07, 6.45) is 1.46. The molecule has 98 valence electrons. The highest BCUT2D eigenvalue weighted by Gasteiger charge is 2.13. The zero-order valence-corrected chi connectivity index (χ0v) is 10.5. The van der Waals surface area contributed by atoms with Crippen molar-refractivity contribution < 1.29 is 19.4 Å². The number of aliphatic hydroxyl groups excluding tert-OH is 1. The van der Waals surface area contributed by atoms with Crippen molar-refractivity contribution in [3.63, 3.8) is 0 Å².